The van der Waals surface area contributed by atoms with Gasteiger partial charge in [0, 0.05) is 6.07 Å². The van der Waals surface area contributed by atoms with Gasteiger partial charge in [0.2, 0.25) is 6.54 Å². The van der Waals surface area contributed by atoms with Gasteiger partial charge in [0.05, 0.1) is 23.7 Å². The van der Waals surface area contributed by atoms with E-state index in [1.165, 1.54) is 25.3 Å². The van der Waals surface area contributed by atoms with Gasteiger partial charge in [-0.25, -0.2) is 6.57 Å². The summed E-state index contributed by atoms with van der Waals surface area (Å²) in [6, 6.07) is 4.22. The Bertz CT molecular complexity index is 396. The predicted molar refractivity (Wildman–Crippen MR) is 50.0 cm³/mol. The molecule has 0 aliphatic heterocycles. The molecule has 0 N–H and O–H groups in total. The van der Waals surface area contributed by atoms with Gasteiger partial charge in [0.25, 0.3) is 5.69 Å². The average molecular weight is 192 g/mol. The Morgan fingerprint density at radius 3 is 2.86 bits per heavy atom. The number of nitro groups is 1. The third-order valence-electron chi connectivity index (χ3n) is 1.73. The van der Waals surface area contributed by atoms with Gasteiger partial charge in [0.1, 0.15) is 5.75 Å². The lowest BCUT2D eigenvalue weighted by Crippen LogP contribution is -1.93. The largest absolute Gasteiger partial charge is 0.496 e. The number of hydrogen-bond donors (Lipinski definition) is 0. The summed E-state index contributed by atoms with van der Waals surface area (Å²) < 4.78 is 4.94. The highest BCUT2D eigenvalue weighted by Gasteiger charge is 2.12. The number of hydrogen-bond acceptors (Lipinski definition) is 3. The lowest BCUT2D eigenvalue weighted by molar-refractivity contribution is -0.384. The number of non-ortho nitro benzene ring substituents is 1. The molecule has 0 saturated carbocycles. The molecule has 0 aliphatic carbocycles. The summed E-state index contributed by atoms with van der Waals surface area (Å²) in [5.41, 5.74) is 0.628. The molecular weight excluding hydrogens is 184 g/mol. The van der Waals surface area contributed by atoms with Crippen LogP contribution in [0.15, 0.2) is 18.2 Å². The standard InChI is InChI=1S/C9H8N2O3/c1-10-6-7-3-4-8(11(12)13)5-9(7)14-2/h3-5H,6H2,2H3. The third-order valence-corrected chi connectivity index (χ3v) is 1.73. The highest BCUT2D eigenvalue weighted by molar-refractivity contribution is 5.44. The molecule has 1 aromatic carbocycles. The maximum absolute atomic E-state index is 10.4. The van der Waals surface area contributed by atoms with Crippen molar-refractivity contribution >= 4 is 5.69 Å². The fraction of sp³-hybridized carbons (Fsp3) is 0.222. The van der Waals surface area contributed by atoms with Gasteiger partial charge in [-0.15, -0.1) is 0 Å². The number of ether oxygens (including phenoxy) is 1. The van der Waals surface area contributed by atoms with E-state index >= 15 is 0 Å². The van der Waals surface area contributed by atoms with E-state index in [1.807, 2.05) is 0 Å². The smallest absolute Gasteiger partial charge is 0.273 e. The number of benzene rings is 1. The van der Waals surface area contributed by atoms with Crippen LogP contribution in [-0.2, 0) is 6.54 Å². The summed E-state index contributed by atoms with van der Waals surface area (Å²) in [4.78, 5) is 13.1. The molecule has 0 amide bonds. The Balaban J connectivity index is 3.12. The zero-order chi connectivity index (χ0) is 10.6. The van der Waals surface area contributed by atoms with Gasteiger partial charge in [0.15, 0.2) is 0 Å². The van der Waals surface area contributed by atoms with Crippen molar-refractivity contribution in [1.82, 2.24) is 0 Å². The minimum atomic E-state index is -0.496. The second-order valence-electron chi connectivity index (χ2n) is 2.57. The maximum Gasteiger partial charge on any atom is 0.273 e. The van der Waals surface area contributed by atoms with Gasteiger partial charge in [-0.1, -0.05) is 0 Å². The number of methoxy groups -OCH3 is 1. The third kappa shape index (κ3) is 1.98. The van der Waals surface area contributed by atoms with E-state index in [0.717, 1.165) is 0 Å². The van der Waals surface area contributed by atoms with Crippen molar-refractivity contribution in [2.75, 3.05) is 7.11 Å². The van der Waals surface area contributed by atoms with E-state index in [1.54, 1.807) is 0 Å². The van der Waals surface area contributed by atoms with E-state index in [9.17, 15) is 10.1 Å². The van der Waals surface area contributed by atoms with E-state index in [0.29, 0.717) is 11.3 Å². The maximum atomic E-state index is 10.4. The van der Waals surface area contributed by atoms with Crippen molar-refractivity contribution < 1.29 is 9.66 Å². The monoisotopic (exact) mass is 192 g/mol. The molecule has 1 aromatic rings. The van der Waals surface area contributed by atoms with Crippen molar-refractivity contribution in [1.29, 1.82) is 0 Å². The van der Waals surface area contributed by atoms with Gasteiger partial charge >= 0.3 is 0 Å². The molecule has 0 bridgehead atoms. The van der Waals surface area contributed by atoms with Crippen LogP contribution in [0, 0.1) is 16.7 Å². The van der Waals surface area contributed by atoms with Crippen molar-refractivity contribution in [2.45, 2.75) is 6.54 Å². The molecule has 0 aliphatic rings. The van der Waals surface area contributed by atoms with E-state index < -0.39 is 4.92 Å². The van der Waals surface area contributed by atoms with Crippen LogP contribution in [0.25, 0.3) is 4.85 Å². The highest BCUT2D eigenvalue weighted by atomic mass is 16.6. The second kappa shape index (κ2) is 4.23. The Kier molecular flexibility index (Phi) is 3.02. The van der Waals surface area contributed by atoms with Crippen LogP contribution in [0.5, 0.6) is 5.75 Å². The topological polar surface area (TPSA) is 56.7 Å². The molecule has 0 heterocycles. The van der Waals surface area contributed by atoms with Crippen LogP contribution in [0.2, 0.25) is 0 Å². The first-order valence-electron chi connectivity index (χ1n) is 3.83. The van der Waals surface area contributed by atoms with Crippen molar-refractivity contribution in [3.8, 4) is 5.75 Å². The van der Waals surface area contributed by atoms with Crippen LogP contribution in [0.1, 0.15) is 5.56 Å². The normalized spacial score (nSPS) is 9.14. The summed E-state index contributed by atoms with van der Waals surface area (Å²) >= 11 is 0. The molecule has 0 saturated heterocycles. The molecule has 0 radical (unpaired) electrons. The van der Waals surface area contributed by atoms with Gasteiger partial charge in [-0.2, -0.15) is 0 Å². The number of nitrogens with zero attached hydrogens (tertiary/aromatic N) is 2. The Labute approximate surface area is 80.9 Å². The summed E-state index contributed by atoms with van der Waals surface area (Å²) in [5.74, 6) is 0.384. The van der Waals surface area contributed by atoms with Gasteiger partial charge in [-0.3, -0.25) is 10.1 Å². The highest BCUT2D eigenvalue weighted by Crippen LogP contribution is 2.24. The van der Waals surface area contributed by atoms with Crippen molar-refractivity contribution in [3.63, 3.8) is 0 Å². The summed E-state index contributed by atoms with van der Waals surface area (Å²) in [6.45, 7) is 6.85. The Morgan fingerprint density at radius 2 is 2.36 bits per heavy atom. The van der Waals surface area contributed by atoms with Crippen LogP contribution >= 0.6 is 0 Å². The molecule has 5 nitrogen and oxygen atoms in total. The Hall–Kier alpha value is -2.09. The average Bonchev–Trinajstić information content (AvgIpc) is 2.18. The predicted octanol–water partition coefficient (Wildman–Crippen LogP) is 2.02. The molecule has 0 spiro atoms. The minimum absolute atomic E-state index is 0.0319. The molecule has 0 aromatic heterocycles. The zero-order valence-electron chi connectivity index (χ0n) is 7.56. The molecule has 5 heteroatoms. The quantitative estimate of drug-likeness (QED) is 0.418. The van der Waals surface area contributed by atoms with E-state index in [4.69, 9.17) is 11.3 Å². The van der Waals surface area contributed by atoms with Crippen LogP contribution in [-0.4, -0.2) is 12.0 Å². The molecule has 72 valence electrons. The molecular formula is C9H8N2O3. The summed E-state index contributed by atoms with van der Waals surface area (Å²) in [5, 5.41) is 10.4. The summed E-state index contributed by atoms with van der Waals surface area (Å²) in [7, 11) is 1.42. The molecule has 1 rings (SSSR count). The first kappa shape index (κ1) is 9.99. The molecule has 0 unspecified atom stereocenters. The lowest BCUT2D eigenvalue weighted by Gasteiger charge is -2.02. The van der Waals surface area contributed by atoms with E-state index in [-0.39, 0.29) is 12.2 Å². The molecule has 14 heavy (non-hydrogen) atoms. The van der Waals surface area contributed by atoms with Crippen molar-refractivity contribution in [2.24, 2.45) is 0 Å². The minimum Gasteiger partial charge on any atom is -0.496 e. The van der Waals surface area contributed by atoms with Gasteiger partial charge in [-0.05, 0) is 6.07 Å². The Morgan fingerprint density at radius 1 is 1.64 bits per heavy atom. The van der Waals surface area contributed by atoms with Gasteiger partial charge < -0.3 is 9.58 Å². The molecule has 0 fully saturated rings. The van der Waals surface area contributed by atoms with Crippen LogP contribution < -0.4 is 4.74 Å². The van der Waals surface area contributed by atoms with Crippen LogP contribution in [0.3, 0.4) is 0 Å². The molecule has 0 atom stereocenters. The lowest BCUT2D eigenvalue weighted by atomic mass is 10.2. The number of rotatable bonds is 3. The fourth-order valence-electron chi connectivity index (χ4n) is 1.06. The van der Waals surface area contributed by atoms with Crippen LogP contribution in [0.4, 0.5) is 5.69 Å². The zero-order valence-corrected chi connectivity index (χ0v) is 7.56. The van der Waals surface area contributed by atoms with Crippen molar-refractivity contribution in [3.05, 3.63) is 45.3 Å². The fourth-order valence-corrected chi connectivity index (χ4v) is 1.06. The number of nitro benzene ring substituents is 1. The second-order valence-corrected chi connectivity index (χ2v) is 2.57. The first-order chi connectivity index (χ1) is 6.69. The SMILES string of the molecule is [C-]#[N+]Cc1ccc([N+](=O)[O-])cc1OC. The van der Waals surface area contributed by atoms with E-state index in [2.05, 4.69) is 4.85 Å². The first-order valence-corrected chi connectivity index (χ1v) is 3.83. The summed E-state index contributed by atoms with van der Waals surface area (Å²) in [6.07, 6.45) is 0.